The van der Waals surface area contributed by atoms with Crippen molar-refractivity contribution in [1.29, 1.82) is 0 Å². The Bertz CT molecular complexity index is 356. The predicted octanol–water partition coefficient (Wildman–Crippen LogP) is -0.494. The van der Waals surface area contributed by atoms with Crippen molar-refractivity contribution in [1.82, 2.24) is 0 Å². The molecule has 0 saturated heterocycles. The van der Waals surface area contributed by atoms with Crippen molar-refractivity contribution in [3.63, 3.8) is 0 Å². The van der Waals surface area contributed by atoms with Crippen LogP contribution in [0.3, 0.4) is 0 Å². The molecule has 0 aliphatic rings. The summed E-state index contributed by atoms with van der Waals surface area (Å²) < 4.78 is 41.5. The van der Waals surface area contributed by atoms with Crippen molar-refractivity contribution in [2.75, 3.05) is 0 Å². The summed E-state index contributed by atoms with van der Waals surface area (Å²) in [5, 5.41) is 17.4. The van der Waals surface area contributed by atoms with Crippen LogP contribution < -0.4 is 5.46 Å². The number of benzene rings is 1. The number of hydrogen-bond acceptors (Lipinski definition) is 2. The van der Waals surface area contributed by atoms with Gasteiger partial charge in [-0.05, 0) is 6.04 Å². The Morgan fingerprint density at radius 1 is 1.40 bits per heavy atom. The summed E-state index contributed by atoms with van der Waals surface area (Å²) in [7, 11) is -2.25. The predicted molar refractivity (Wildman–Crippen MR) is 36.2 cm³/mol. The third-order valence-electron chi connectivity index (χ3n) is 0.927. The highest BCUT2D eigenvalue weighted by Crippen LogP contribution is 1.92. The fourth-order valence-corrected chi connectivity index (χ4v) is 0.485. The SMILES string of the molecule is [2H]c1c([2H])c([2H])c(B(O)O)c(F)c1[2H]. The number of hydrogen-bond donors (Lipinski definition) is 2. The molecule has 0 amide bonds. The average molecular weight is 144 g/mol. The maximum absolute atomic E-state index is 13.1. The molecule has 1 aromatic rings. The van der Waals surface area contributed by atoms with E-state index in [2.05, 4.69) is 0 Å². The third-order valence-corrected chi connectivity index (χ3v) is 0.927. The highest BCUT2D eigenvalue weighted by molar-refractivity contribution is 6.58. The quantitative estimate of drug-likeness (QED) is 0.522. The molecule has 0 bridgehead atoms. The van der Waals surface area contributed by atoms with Crippen LogP contribution in [0.5, 0.6) is 0 Å². The molecular formula is C6H6BFO2. The van der Waals surface area contributed by atoms with Crippen LogP contribution >= 0.6 is 0 Å². The van der Waals surface area contributed by atoms with E-state index < -0.39 is 42.6 Å². The van der Waals surface area contributed by atoms with Crippen LogP contribution in [0.4, 0.5) is 4.39 Å². The first kappa shape index (κ1) is 3.50. The molecule has 2 nitrogen and oxygen atoms in total. The Morgan fingerprint density at radius 2 is 2.00 bits per heavy atom. The van der Waals surface area contributed by atoms with Crippen molar-refractivity contribution in [2.45, 2.75) is 0 Å². The van der Waals surface area contributed by atoms with E-state index in [1.807, 2.05) is 0 Å². The normalized spacial score (nSPS) is 15.1. The topological polar surface area (TPSA) is 40.5 Å². The van der Waals surface area contributed by atoms with Gasteiger partial charge in [-0.1, -0.05) is 18.1 Å². The van der Waals surface area contributed by atoms with Crippen molar-refractivity contribution < 1.29 is 19.9 Å². The van der Waals surface area contributed by atoms with Crippen LogP contribution in [-0.4, -0.2) is 17.2 Å². The molecule has 10 heavy (non-hydrogen) atoms. The molecule has 0 radical (unpaired) electrons. The van der Waals surface area contributed by atoms with Crippen LogP contribution in [-0.2, 0) is 0 Å². The summed E-state index contributed by atoms with van der Waals surface area (Å²) in [6.07, 6.45) is 0. The molecule has 0 aliphatic heterocycles. The zero-order valence-electron chi connectivity index (χ0n) is 8.85. The van der Waals surface area contributed by atoms with Gasteiger partial charge in [0.25, 0.3) is 0 Å². The lowest BCUT2D eigenvalue weighted by Crippen LogP contribution is -2.32. The first-order valence-electron chi connectivity index (χ1n) is 4.49. The minimum atomic E-state index is -2.25. The summed E-state index contributed by atoms with van der Waals surface area (Å²) in [6, 6.07) is -3.12. The smallest absolute Gasteiger partial charge is 0.423 e. The zero-order chi connectivity index (χ0) is 11.0. The molecule has 1 rings (SSSR count). The second kappa shape index (κ2) is 2.81. The van der Waals surface area contributed by atoms with Gasteiger partial charge in [0.1, 0.15) is 5.82 Å². The van der Waals surface area contributed by atoms with Gasteiger partial charge in [0.15, 0.2) is 0 Å². The zero-order valence-corrected chi connectivity index (χ0v) is 4.85. The van der Waals surface area contributed by atoms with Gasteiger partial charge in [-0.25, -0.2) is 4.39 Å². The monoisotopic (exact) mass is 144 g/mol. The molecular weight excluding hydrogens is 134 g/mol. The van der Waals surface area contributed by atoms with Crippen molar-refractivity contribution >= 4 is 12.6 Å². The van der Waals surface area contributed by atoms with E-state index in [0.29, 0.717) is 0 Å². The first-order chi connectivity index (χ1) is 6.37. The Hall–Kier alpha value is -0.865. The third kappa shape index (κ3) is 1.34. The van der Waals surface area contributed by atoms with Gasteiger partial charge in [0, 0.05) is 5.46 Å². The molecule has 52 valence electrons. The summed E-state index contributed by atoms with van der Waals surface area (Å²) in [5.74, 6) is -1.34. The van der Waals surface area contributed by atoms with Gasteiger partial charge in [-0.3, -0.25) is 0 Å². The molecule has 0 unspecified atom stereocenters. The van der Waals surface area contributed by atoms with Gasteiger partial charge in [0.2, 0.25) is 0 Å². The van der Waals surface area contributed by atoms with Crippen molar-refractivity contribution in [3.05, 3.63) is 30.0 Å². The molecule has 2 N–H and O–H groups in total. The van der Waals surface area contributed by atoms with Crippen LogP contribution in [0.25, 0.3) is 0 Å². The number of halogens is 1. The van der Waals surface area contributed by atoms with Gasteiger partial charge >= 0.3 is 7.12 Å². The van der Waals surface area contributed by atoms with Gasteiger partial charge < -0.3 is 10.0 Å². The van der Waals surface area contributed by atoms with Gasteiger partial charge in [-0.15, -0.1) is 0 Å². The lowest BCUT2D eigenvalue weighted by molar-refractivity contribution is 0.423. The molecule has 0 saturated carbocycles. The fourth-order valence-electron chi connectivity index (χ4n) is 0.485. The lowest BCUT2D eigenvalue weighted by atomic mass is 9.80. The lowest BCUT2D eigenvalue weighted by Gasteiger charge is -1.98. The summed E-state index contributed by atoms with van der Waals surface area (Å²) in [6.45, 7) is 0. The molecule has 0 aromatic heterocycles. The van der Waals surface area contributed by atoms with Crippen LogP contribution in [0, 0.1) is 5.82 Å². The maximum atomic E-state index is 13.1. The van der Waals surface area contributed by atoms with Crippen molar-refractivity contribution in [2.24, 2.45) is 0 Å². The Morgan fingerprint density at radius 3 is 2.60 bits per heavy atom. The van der Waals surface area contributed by atoms with Crippen LogP contribution in [0.1, 0.15) is 5.48 Å². The standard InChI is InChI=1S/C6H6BFO2/c8-6-4-2-1-3-5(6)7(9)10/h1-4,9-10H/i1D,2D,3D,4D. The second-order valence-corrected chi connectivity index (χ2v) is 1.60. The van der Waals surface area contributed by atoms with Gasteiger partial charge in [-0.2, -0.15) is 0 Å². The first-order valence-corrected chi connectivity index (χ1v) is 2.49. The van der Waals surface area contributed by atoms with E-state index in [1.54, 1.807) is 0 Å². The second-order valence-electron chi connectivity index (χ2n) is 1.60. The molecule has 0 fully saturated rings. The Balaban J connectivity index is 3.60. The van der Waals surface area contributed by atoms with E-state index in [-0.39, 0.29) is 0 Å². The minimum absolute atomic E-state index is 0.695. The van der Waals surface area contributed by atoms with E-state index in [1.165, 1.54) is 0 Å². The minimum Gasteiger partial charge on any atom is -0.423 e. The number of rotatable bonds is 1. The highest BCUT2D eigenvalue weighted by atomic mass is 19.1. The fraction of sp³-hybridized carbons (Fsp3) is 0. The average Bonchev–Trinajstić information content (AvgIpc) is 2.11. The highest BCUT2D eigenvalue weighted by Gasteiger charge is 2.14. The molecule has 1 aromatic carbocycles. The van der Waals surface area contributed by atoms with Crippen molar-refractivity contribution in [3.8, 4) is 0 Å². The molecule has 0 spiro atoms. The largest absolute Gasteiger partial charge is 0.491 e. The molecule has 4 heteroatoms. The maximum Gasteiger partial charge on any atom is 0.491 e. The van der Waals surface area contributed by atoms with E-state index >= 15 is 0 Å². The van der Waals surface area contributed by atoms with E-state index in [9.17, 15) is 4.39 Å². The Kier molecular flexibility index (Phi) is 0.985. The Labute approximate surface area is 63.7 Å². The van der Waals surface area contributed by atoms with Crippen LogP contribution in [0.2, 0.25) is 0 Å². The van der Waals surface area contributed by atoms with Crippen LogP contribution in [0.15, 0.2) is 24.2 Å². The summed E-state index contributed by atoms with van der Waals surface area (Å²) in [5.41, 5.74) is -0.837. The molecule has 0 atom stereocenters. The molecule has 0 aliphatic carbocycles. The summed E-state index contributed by atoms with van der Waals surface area (Å²) >= 11 is 0. The van der Waals surface area contributed by atoms with E-state index in [4.69, 9.17) is 15.5 Å². The van der Waals surface area contributed by atoms with E-state index in [0.717, 1.165) is 0 Å². The van der Waals surface area contributed by atoms with Gasteiger partial charge in [0.05, 0.1) is 5.48 Å². The molecule has 0 heterocycles. The summed E-state index contributed by atoms with van der Waals surface area (Å²) in [4.78, 5) is 0.